The lowest BCUT2D eigenvalue weighted by Crippen LogP contribution is -2.23. The van der Waals surface area contributed by atoms with Gasteiger partial charge in [-0.05, 0) is 24.9 Å². The molecule has 2 aliphatic rings. The molecule has 0 spiro atoms. The van der Waals surface area contributed by atoms with Crippen molar-refractivity contribution >= 4 is 23.2 Å². The number of alkyl halides is 3. The van der Waals surface area contributed by atoms with Crippen molar-refractivity contribution in [1.29, 1.82) is 0 Å². The van der Waals surface area contributed by atoms with E-state index in [1.165, 1.54) is 0 Å². The highest BCUT2D eigenvalue weighted by atomic mass is 35.5. The summed E-state index contributed by atoms with van der Waals surface area (Å²) in [5.41, 5.74) is -1.05. The minimum Gasteiger partial charge on any atom is -0.493 e. The van der Waals surface area contributed by atoms with Crippen molar-refractivity contribution in [3.05, 3.63) is 35.2 Å². The lowest BCUT2D eigenvalue weighted by atomic mass is 10.1. The molecule has 3 heterocycles. The second-order valence-electron chi connectivity index (χ2n) is 7.79. The summed E-state index contributed by atoms with van der Waals surface area (Å²) in [6.45, 7) is 0.661. The van der Waals surface area contributed by atoms with Crippen molar-refractivity contribution in [3.63, 3.8) is 0 Å². The topological polar surface area (TPSA) is 76.4 Å². The minimum absolute atomic E-state index is 0.0163. The molecule has 13 heteroatoms. The number of ether oxygens (including phenoxy) is 1. The molecule has 1 unspecified atom stereocenters. The molecule has 0 radical (unpaired) electrons. The molecular formula is C19H16ClF5N6O. The molecule has 2 fully saturated rings. The molecule has 2 aromatic heterocycles. The summed E-state index contributed by atoms with van der Waals surface area (Å²) >= 11 is 6.12. The molecule has 3 atom stereocenters. The number of hydrogen-bond acceptors (Lipinski definition) is 6. The quantitative estimate of drug-likeness (QED) is 0.420. The summed E-state index contributed by atoms with van der Waals surface area (Å²) in [4.78, 5) is 7.66. The fraction of sp³-hybridized carbons (Fsp3) is 0.421. The van der Waals surface area contributed by atoms with E-state index in [-0.39, 0.29) is 17.3 Å². The third-order valence-corrected chi connectivity index (χ3v) is 6.09. The van der Waals surface area contributed by atoms with E-state index < -0.39 is 40.6 Å². The number of rotatable bonds is 6. The Balaban J connectivity index is 1.49. The Morgan fingerprint density at radius 1 is 1.16 bits per heavy atom. The van der Waals surface area contributed by atoms with E-state index in [0.29, 0.717) is 24.4 Å². The standard InChI is InChI=1S/C19H16ClF5N6O/c20-16-15(17(27-6-19(23,24)25)31-18(30-16)28-7-29-31)14-12(21)1-8(2-13(14)22)32-5-11-9-3-26-4-10(9)11/h1-2,7,9-11,26-27H,3-6H2/t9-,10+,11?. The Bertz CT molecular complexity index is 1150. The van der Waals surface area contributed by atoms with E-state index in [2.05, 4.69) is 25.7 Å². The first-order valence-electron chi connectivity index (χ1n) is 9.75. The highest BCUT2D eigenvalue weighted by molar-refractivity contribution is 6.33. The first-order valence-corrected chi connectivity index (χ1v) is 10.1. The van der Waals surface area contributed by atoms with Crippen LogP contribution in [0.4, 0.5) is 27.8 Å². The predicted octanol–water partition coefficient (Wildman–Crippen LogP) is 3.54. The van der Waals surface area contributed by atoms with Crippen LogP contribution in [0, 0.1) is 29.4 Å². The third-order valence-electron chi connectivity index (χ3n) is 5.82. The summed E-state index contributed by atoms with van der Waals surface area (Å²) in [5.74, 6) is -1.28. The van der Waals surface area contributed by atoms with Gasteiger partial charge < -0.3 is 15.4 Å². The van der Waals surface area contributed by atoms with E-state index in [9.17, 15) is 13.2 Å². The van der Waals surface area contributed by atoms with Gasteiger partial charge in [0.1, 0.15) is 41.2 Å². The maximum Gasteiger partial charge on any atom is 0.405 e. The van der Waals surface area contributed by atoms with Gasteiger partial charge in [0.2, 0.25) is 0 Å². The lowest BCUT2D eigenvalue weighted by molar-refractivity contribution is -0.115. The van der Waals surface area contributed by atoms with Gasteiger partial charge in [0.25, 0.3) is 5.78 Å². The average molecular weight is 475 g/mol. The second kappa shape index (κ2) is 7.69. The zero-order valence-corrected chi connectivity index (χ0v) is 17.0. The van der Waals surface area contributed by atoms with Crippen molar-refractivity contribution in [1.82, 2.24) is 24.9 Å². The van der Waals surface area contributed by atoms with E-state index >= 15 is 8.78 Å². The monoisotopic (exact) mass is 474 g/mol. The molecule has 7 nitrogen and oxygen atoms in total. The molecule has 1 saturated carbocycles. The average Bonchev–Trinajstić information content (AvgIpc) is 3.07. The molecule has 1 saturated heterocycles. The zero-order chi connectivity index (χ0) is 22.6. The smallest absolute Gasteiger partial charge is 0.405 e. The summed E-state index contributed by atoms with van der Waals surface area (Å²) in [6, 6.07) is 1.95. The van der Waals surface area contributed by atoms with Gasteiger partial charge in [-0.15, -0.1) is 0 Å². The maximum atomic E-state index is 15.0. The number of nitrogens with one attached hydrogen (secondary N) is 2. The number of halogens is 6. The van der Waals surface area contributed by atoms with Gasteiger partial charge in [-0.1, -0.05) is 11.6 Å². The fourth-order valence-electron chi connectivity index (χ4n) is 4.24. The minimum atomic E-state index is -4.61. The van der Waals surface area contributed by atoms with Crippen LogP contribution in [0.25, 0.3) is 16.9 Å². The Morgan fingerprint density at radius 2 is 1.84 bits per heavy atom. The Hall–Kier alpha value is -2.73. The van der Waals surface area contributed by atoms with E-state index in [0.717, 1.165) is 36.1 Å². The van der Waals surface area contributed by atoms with Crippen LogP contribution >= 0.6 is 11.6 Å². The highest BCUT2D eigenvalue weighted by Crippen LogP contribution is 2.48. The molecule has 0 bridgehead atoms. The molecule has 5 rings (SSSR count). The predicted molar refractivity (Wildman–Crippen MR) is 105 cm³/mol. The third kappa shape index (κ3) is 3.81. The van der Waals surface area contributed by atoms with Crippen LogP contribution in [0.2, 0.25) is 5.15 Å². The van der Waals surface area contributed by atoms with Crippen molar-refractivity contribution in [2.45, 2.75) is 6.18 Å². The fourth-order valence-corrected chi connectivity index (χ4v) is 4.50. The summed E-state index contributed by atoms with van der Waals surface area (Å²) in [6.07, 6.45) is -3.57. The first kappa shape index (κ1) is 21.1. The van der Waals surface area contributed by atoms with Crippen molar-refractivity contribution in [2.75, 3.05) is 31.6 Å². The Kier molecular flexibility index (Phi) is 5.08. The van der Waals surface area contributed by atoms with Crippen LogP contribution in [0.3, 0.4) is 0 Å². The molecule has 0 amide bonds. The molecule has 2 N–H and O–H groups in total. The Morgan fingerprint density at radius 3 is 2.50 bits per heavy atom. The molecule has 32 heavy (non-hydrogen) atoms. The number of fused-ring (bicyclic) bond motifs is 2. The van der Waals surface area contributed by atoms with Crippen LogP contribution in [-0.4, -0.2) is 52.0 Å². The van der Waals surface area contributed by atoms with Crippen LogP contribution in [0.15, 0.2) is 18.5 Å². The van der Waals surface area contributed by atoms with E-state index in [1.54, 1.807) is 0 Å². The molecule has 1 aliphatic heterocycles. The van der Waals surface area contributed by atoms with Crippen molar-refractivity contribution < 1.29 is 26.7 Å². The molecular weight excluding hydrogens is 459 g/mol. The van der Waals surface area contributed by atoms with Crippen LogP contribution in [0.5, 0.6) is 5.75 Å². The summed E-state index contributed by atoms with van der Waals surface area (Å²) in [7, 11) is 0. The van der Waals surface area contributed by atoms with Crippen molar-refractivity contribution in [2.24, 2.45) is 17.8 Å². The highest BCUT2D eigenvalue weighted by Gasteiger charge is 2.53. The summed E-state index contributed by atoms with van der Waals surface area (Å²) in [5, 5.41) is 8.71. The van der Waals surface area contributed by atoms with Gasteiger partial charge in [-0.25, -0.2) is 8.78 Å². The lowest BCUT2D eigenvalue weighted by Gasteiger charge is -2.17. The molecule has 170 valence electrons. The molecule has 1 aromatic carbocycles. The maximum absolute atomic E-state index is 15.0. The van der Waals surface area contributed by atoms with Gasteiger partial charge in [0.05, 0.1) is 17.7 Å². The number of hydrogen-bond donors (Lipinski definition) is 2. The zero-order valence-electron chi connectivity index (χ0n) is 16.3. The molecule has 1 aliphatic carbocycles. The van der Waals surface area contributed by atoms with Crippen molar-refractivity contribution in [3.8, 4) is 16.9 Å². The number of piperidine rings is 1. The van der Waals surface area contributed by atoms with Crippen LogP contribution in [0.1, 0.15) is 0 Å². The Labute approximate surface area is 182 Å². The van der Waals surface area contributed by atoms with Gasteiger partial charge in [-0.3, -0.25) is 0 Å². The van der Waals surface area contributed by atoms with Gasteiger partial charge in [0, 0.05) is 18.1 Å². The normalized spacial score (nSPS) is 22.2. The molecule has 3 aromatic rings. The van der Waals surface area contributed by atoms with Crippen LogP contribution < -0.4 is 15.4 Å². The number of anilines is 1. The number of aromatic nitrogens is 4. The van der Waals surface area contributed by atoms with Gasteiger partial charge >= 0.3 is 6.18 Å². The largest absolute Gasteiger partial charge is 0.493 e. The van der Waals surface area contributed by atoms with E-state index in [1.807, 2.05) is 0 Å². The summed E-state index contributed by atoms with van der Waals surface area (Å²) < 4.78 is 75.0. The van der Waals surface area contributed by atoms with Gasteiger partial charge in [-0.2, -0.15) is 32.8 Å². The second-order valence-corrected chi connectivity index (χ2v) is 8.15. The SMILES string of the molecule is Fc1cc(OCC2[C@H]3CNC[C@@H]23)cc(F)c1-c1c(Cl)nc2ncnn2c1NCC(F)(F)F. The first-order chi connectivity index (χ1) is 15.2. The number of benzene rings is 1. The van der Waals surface area contributed by atoms with E-state index in [4.69, 9.17) is 16.3 Å². The number of nitrogens with zero attached hydrogens (tertiary/aromatic N) is 4. The van der Waals surface area contributed by atoms with Gasteiger partial charge in [0.15, 0.2) is 0 Å². The van der Waals surface area contributed by atoms with Crippen LogP contribution in [-0.2, 0) is 0 Å².